The van der Waals surface area contributed by atoms with Crippen LogP contribution in [0.3, 0.4) is 0 Å². The number of alkyl halides is 3. The number of aliphatic hydroxyl groups is 1. The lowest BCUT2D eigenvalue weighted by Crippen LogP contribution is -2.32. The van der Waals surface area contributed by atoms with Crippen LogP contribution in [0.4, 0.5) is 13.2 Å². The molecule has 5 heteroatoms. The molecule has 1 fully saturated rings. The second kappa shape index (κ2) is 5.70. The predicted molar refractivity (Wildman–Crippen MR) is 51.5 cm³/mol. The Morgan fingerprint density at radius 1 is 1.13 bits per heavy atom. The van der Waals surface area contributed by atoms with Crippen molar-refractivity contribution in [3.63, 3.8) is 0 Å². The minimum absolute atomic E-state index is 0.0812. The van der Waals surface area contributed by atoms with Gasteiger partial charge in [-0.2, -0.15) is 13.2 Å². The van der Waals surface area contributed by atoms with Crippen LogP contribution in [0, 0.1) is 11.8 Å². The zero-order valence-electron chi connectivity index (χ0n) is 8.69. The largest absolute Gasteiger partial charge is 0.395 e. The molecule has 0 atom stereocenters. The highest BCUT2D eigenvalue weighted by atomic mass is 19.4. The summed E-state index contributed by atoms with van der Waals surface area (Å²) in [6, 6.07) is 0. The number of hydrogen-bond donors (Lipinski definition) is 2. The molecule has 0 radical (unpaired) electrons. The Labute approximate surface area is 87.9 Å². The van der Waals surface area contributed by atoms with Gasteiger partial charge in [0.15, 0.2) is 0 Å². The van der Waals surface area contributed by atoms with Crippen LogP contribution in [-0.2, 0) is 0 Å². The van der Waals surface area contributed by atoms with Gasteiger partial charge >= 0.3 is 6.18 Å². The number of aliphatic hydroxyl groups excluding tert-OH is 1. The van der Waals surface area contributed by atoms with E-state index in [4.69, 9.17) is 5.11 Å². The highest BCUT2D eigenvalue weighted by molar-refractivity contribution is 4.78. The topological polar surface area (TPSA) is 32.3 Å². The number of rotatable bonds is 4. The average Bonchev–Trinajstić information content (AvgIpc) is 2.18. The van der Waals surface area contributed by atoms with Crippen LogP contribution < -0.4 is 5.32 Å². The van der Waals surface area contributed by atoms with Crippen molar-refractivity contribution in [2.75, 3.05) is 19.7 Å². The molecule has 1 saturated carbocycles. The average molecular weight is 225 g/mol. The monoisotopic (exact) mass is 225 g/mol. The Morgan fingerprint density at radius 3 is 2.20 bits per heavy atom. The van der Waals surface area contributed by atoms with Crippen molar-refractivity contribution < 1.29 is 18.3 Å². The highest BCUT2D eigenvalue weighted by Crippen LogP contribution is 2.39. The zero-order valence-corrected chi connectivity index (χ0v) is 8.69. The van der Waals surface area contributed by atoms with Crippen LogP contribution >= 0.6 is 0 Å². The van der Waals surface area contributed by atoms with Gasteiger partial charge in [0.05, 0.1) is 12.5 Å². The maximum atomic E-state index is 12.3. The molecule has 1 aliphatic rings. The first-order valence-corrected chi connectivity index (χ1v) is 5.42. The second-order valence-corrected chi connectivity index (χ2v) is 4.19. The first-order valence-electron chi connectivity index (χ1n) is 5.42. The fourth-order valence-corrected chi connectivity index (χ4v) is 2.08. The third kappa shape index (κ3) is 4.38. The lowest BCUT2D eigenvalue weighted by Gasteiger charge is -2.29. The molecule has 0 aromatic heterocycles. The molecule has 2 nitrogen and oxygen atoms in total. The van der Waals surface area contributed by atoms with Gasteiger partial charge in [-0.3, -0.25) is 0 Å². The van der Waals surface area contributed by atoms with E-state index in [0.29, 0.717) is 25.3 Å². The third-order valence-electron chi connectivity index (χ3n) is 3.03. The Kier molecular flexibility index (Phi) is 4.86. The number of nitrogens with one attached hydrogen (secondary N) is 1. The Morgan fingerprint density at radius 2 is 1.73 bits per heavy atom. The maximum Gasteiger partial charge on any atom is 0.391 e. The van der Waals surface area contributed by atoms with Crippen molar-refractivity contribution in [1.82, 2.24) is 5.32 Å². The Hall–Kier alpha value is -0.290. The summed E-state index contributed by atoms with van der Waals surface area (Å²) in [5, 5.41) is 11.6. The summed E-state index contributed by atoms with van der Waals surface area (Å²) in [7, 11) is 0. The molecule has 15 heavy (non-hydrogen) atoms. The first kappa shape index (κ1) is 12.8. The molecule has 0 heterocycles. The smallest absolute Gasteiger partial charge is 0.391 e. The lowest BCUT2D eigenvalue weighted by atomic mass is 9.81. The summed E-state index contributed by atoms with van der Waals surface area (Å²) >= 11 is 0. The third-order valence-corrected chi connectivity index (χ3v) is 3.03. The van der Waals surface area contributed by atoms with Crippen molar-refractivity contribution in [3.05, 3.63) is 0 Å². The maximum absolute atomic E-state index is 12.3. The molecule has 0 amide bonds. The summed E-state index contributed by atoms with van der Waals surface area (Å²) < 4.78 is 37.0. The molecule has 1 aliphatic carbocycles. The Balaban J connectivity index is 2.18. The zero-order chi connectivity index (χ0) is 11.3. The van der Waals surface area contributed by atoms with Crippen LogP contribution in [0.5, 0.6) is 0 Å². The first-order chi connectivity index (χ1) is 7.04. The lowest BCUT2D eigenvalue weighted by molar-refractivity contribution is -0.183. The van der Waals surface area contributed by atoms with E-state index >= 15 is 0 Å². The molecule has 1 rings (SSSR count). The summed E-state index contributed by atoms with van der Waals surface area (Å²) in [6.07, 6.45) is -2.21. The van der Waals surface area contributed by atoms with Gasteiger partial charge in [-0.15, -0.1) is 0 Å². The van der Waals surface area contributed by atoms with Crippen molar-refractivity contribution in [2.45, 2.75) is 31.9 Å². The quantitative estimate of drug-likeness (QED) is 0.717. The van der Waals surface area contributed by atoms with E-state index in [1.807, 2.05) is 0 Å². The molecule has 0 bridgehead atoms. The van der Waals surface area contributed by atoms with Gasteiger partial charge in [0.2, 0.25) is 0 Å². The van der Waals surface area contributed by atoms with E-state index < -0.39 is 12.1 Å². The predicted octanol–water partition coefficient (Wildman–Crippen LogP) is 1.94. The van der Waals surface area contributed by atoms with Gasteiger partial charge in [-0.25, -0.2) is 0 Å². The molecule has 0 aromatic rings. The van der Waals surface area contributed by atoms with E-state index in [-0.39, 0.29) is 19.4 Å². The molecular weight excluding hydrogens is 207 g/mol. The molecule has 0 saturated heterocycles. The van der Waals surface area contributed by atoms with Crippen LogP contribution in [-0.4, -0.2) is 31.0 Å². The van der Waals surface area contributed by atoms with Crippen LogP contribution in [0.15, 0.2) is 0 Å². The van der Waals surface area contributed by atoms with Crippen molar-refractivity contribution in [1.29, 1.82) is 0 Å². The fourth-order valence-electron chi connectivity index (χ4n) is 2.08. The minimum atomic E-state index is -4.01. The van der Waals surface area contributed by atoms with Crippen LogP contribution in [0.2, 0.25) is 0 Å². The van der Waals surface area contributed by atoms with Crippen molar-refractivity contribution in [2.24, 2.45) is 11.8 Å². The summed E-state index contributed by atoms with van der Waals surface area (Å²) in [5.74, 6) is -0.748. The van der Waals surface area contributed by atoms with Crippen molar-refractivity contribution in [3.8, 4) is 0 Å². The van der Waals surface area contributed by atoms with E-state index in [1.165, 1.54) is 0 Å². The van der Waals surface area contributed by atoms with E-state index in [9.17, 15) is 13.2 Å². The molecule has 2 N–H and O–H groups in total. The molecule has 0 unspecified atom stereocenters. The molecular formula is C10H18F3NO. The summed E-state index contributed by atoms with van der Waals surface area (Å²) in [6.45, 7) is 1.34. The number of hydrogen-bond acceptors (Lipinski definition) is 2. The SMILES string of the molecule is OCCNCC1CCC(C(F)(F)F)CC1. The van der Waals surface area contributed by atoms with Crippen LogP contribution in [0.25, 0.3) is 0 Å². The molecule has 0 aliphatic heterocycles. The van der Waals surface area contributed by atoms with E-state index in [0.717, 1.165) is 6.54 Å². The highest BCUT2D eigenvalue weighted by Gasteiger charge is 2.41. The van der Waals surface area contributed by atoms with Gasteiger partial charge in [0.25, 0.3) is 0 Å². The van der Waals surface area contributed by atoms with E-state index in [1.54, 1.807) is 0 Å². The molecule has 0 aromatic carbocycles. The number of halogens is 3. The minimum Gasteiger partial charge on any atom is -0.395 e. The Bertz CT molecular complexity index is 176. The second-order valence-electron chi connectivity index (χ2n) is 4.19. The van der Waals surface area contributed by atoms with Gasteiger partial charge in [-0.1, -0.05) is 0 Å². The van der Waals surface area contributed by atoms with E-state index in [2.05, 4.69) is 5.32 Å². The molecule has 90 valence electrons. The van der Waals surface area contributed by atoms with Gasteiger partial charge in [0.1, 0.15) is 0 Å². The van der Waals surface area contributed by atoms with Gasteiger partial charge in [-0.05, 0) is 38.1 Å². The van der Waals surface area contributed by atoms with Crippen LogP contribution in [0.1, 0.15) is 25.7 Å². The summed E-state index contributed by atoms with van der Waals surface area (Å²) in [4.78, 5) is 0. The van der Waals surface area contributed by atoms with Gasteiger partial charge < -0.3 is 10.4 Å². The summed E-state index contributed by atoms with van der Waals surface area (Å²) in [5.41, 5.74) is 0. The standard InChI is InChI=1S/C10H18F3NO/c11-10(12,13)9-3-1-8(2-4-9)7-14-5-6-15/h8-9,14-15H,1-7H2. The normalized spacial score (nSPS) is 28.0. The van der Waals surface area contributed by atoms with Crippen molar-refractivity contribution >= 4 is 0 Å². The molecule has 0 spiro atoms. The van der Waals surface area contributed by atoms with Gasteiger partial charge in [0, 0.05) is 6.54 Å². The fraction of sp³-hybridized carbons (Fsp3) is 1.00.